The quantitative estimate of drug-likeness (QED) is 0.840. The van der Waals surface area contributed by atoms with Gasteiger partial charge in [0.25, 0.3) is 0 Å². The highest BCUT2D eigenvalue weighted by Gasteiger charge is 2.66. The summed E-state index contributed by atoms with van der Waals surface area (Å²) in [7, 11) is 1.35. The van der Waals surface area contributed by atoms with Crippen molar-refractivity contribution < 1.29 is 14.3 Å². The molecule has 1 N–H and O–H groups in total. The lowest BCUT2D eigenvalue weighted by Crippen LogP contribution is -2.52. The molecule has 1 aromatic carbocycles. The largest absolute Gasteiger partial charge is 0.453 e. The number of halogens is 1. The van der Waals surface area contributed by atoms with Crippen molar-refractivity contribution in [1.29, 1.82) is 0 Å². The van der Waals surface area contributed by atoms with Crippen LogP contribution in [0, 0.1) is 11.8 Å². The molecule has 0 aromatic heterocycles. The second-order valence-corrected chi connectivity index (χ2v) is 7.92. The summed E-state index contributed by atoms with van der Waals surface area (Å²) >= 11 is 6.64. The minimum Gasteiger partial charge on any atom is -0.453 e. The highest BCUT2D eigenvalue weighted by molar-refractivity contribution is 6.24. The van der Waals surface area contributed by atoms with Gasteiger partial charge in [-0.15, -0.1) is 11.6 Å². The topological polar surface area (TPSA) is 58.6 Å². The molecule has 3 fully saturated rings. The molecule has 3 atom stereocenters. The number of alkyl halides is 1. The number of rotatable bonds is 3. The van der Waals surface area contributed by atoms with Gasteiger partial charge >= 0.3 is 6.09 Å². The smallest absolute Gasteiger partial charge is 0.407 e. The third kappa shape index (κ3) is 2.69. The van der Waals surface area contributed by atoms with E-state index in [2.05, 4.69) is 34.3 Å². The first-order valence-electron chi connectivity index (χ1n) is 8.89. The lowest BCUT2D eigenvalue weighted by molar-refractivity contribution is -0.140. The van der Waals surface area contributed by atoms with E-state index in [1.807, 2.05) is 11.0 Å². The molecule has 0 bridgehead atoms. The minimum absolute atomic E-state index is 0.0129. The molecular weight excluding hydrogens is 340 g/mol. The Kier molecular flexibility index (Phi) is 4.14. The van der Waals surface area contributed by atoms with Crippen LogP contribution in [-0.2, 0) is 14.9 Å². The summed E-state index contributed by atoms with van der Waals surface area (Å²) in [4.78, 5) is 25.9. The monoisotopic (exact) mass is 362 g/mol. The Hall–Kier alpha value is -1.75. The molecule has 5 nitrogen and oxygen atoms in total. The number of likely N-dealkylation sites (tertiary alicyclic amines) is 1. The first kappa shape index (κ1) is 16.7. The van der Waals surface area contributed by atoms with E-state index in [0.29, 0.717) is 18.8 Å². The van der Waals surface area contributed by atoms with Gasteiger partial charge in [-0.3, -0.25) is 4.79 Å². The number of alkyl carbamates (subject to hydrolysis) is 1. The number of nitrogens with zero attached hydrogens (tertiary/aromatic N) is 1. The summed E-state index contributed by atoms with van der Waals surface area (Å²) in [6.45, 7) is 1.51. The van der Waals surface area contributed by atoms with Crippen LogP contribution in [-0.4, -0.2) is 48.5 Å². The molecule has 4 rings (SSSR count). The fourth-order valence-corrected chi connectivity index (χ4v) is 5.21. The Morgan fingerprint density at radius 1 is 1.28 bits per heavy atom. The number of hydrogen-bond donors (Lipinski definition) is 1. The predicted octanol–water partition coefficient (Wildman–Crippen LogP) is 2.53. The molecule has 0 radical (unpaired) electrons. The van der Waals surface area contributed by atoms with Crippen LogP contribution in [0.4, 0.5) is 4.79 Å². The van der Waals surface area contributed by atoms with Gasteiger partial charge < -0.3 is 15.0 Å². The second kappa shape index (κ2) is 6.20. The highest BCUT2D eigenvalue weighted by Crippen LogP contribution is 2.62. The third-order valence-electron chi connectivity index (χ3n) is 6.23. The van der Waals surface area contributed by atoms with Crippen molar-refractivity contribution in [1.82, 2.24) is 10.2 Å². The van der Waals surface area contributed by atoms with E-state index in [9.17, 15) is 9.59 Å². The number of fused-ring (bicyclic) bond motifs is 1. The fourth-order valence-electron chi connectivity index (χ4n) is 4.58. The van der Waals surface area contributed by atoms with Crippen molar-refractivity contribution in [2.75, 3.05) is 20.2 Å². The Morgan fingerprint density at radius 2 is 2.00 bits per heavy atom. The van der Waals surface area contributed by atoms with E-state index in [-0.39, 0.29) is 28.7 Å². The van der Waals surface area contributed by atoms with E-state index in [4.69, 9.17) is 11.6 Å². The molecule has 2 aliphatic carbocycles. The van der Waals surface area contributed by atoms with Gasteiger partial charge in [-0.25, -0.2) is 4.79 Å². The molecule has 1 saturated heterocycles. The number of ether oxygens (including phenoxy) is 1. The van der Waals surface area contributed by atoms with Crippen LogP contribution in [0.15, 0.2) is 30.3 Å². The maximum Gasteiger partial charge on any atom is 0.407 e. The van der Waals surface area contributed by atoms with Gasteiger partial charge in [0.2, 0.25) is 5.91 Å². The lowest BCUT2D eigenvalue weighted by Gasteiger charge is -2.39. The van der Waals surface area contributed by atoms with Gasteiger partial charge in [-0.05, 0) is 24.8 Å². The Balaban J connectivity index is 1.34. The van der Waals surface area contributed by atoms with Crippen molar-refractivity contribution in [2.45, 2.75) is 36.1 Å². The van der Waals surface area contributed by atoms with Crippen molar-refractivity contribution in [3.05, 3.63) is 35.9 Å². The maximum atomic E-state index is 12.7. The summed E-state index contributed by atoms with van der Waals surface area (Å²) in [5.41, 5.74) is 1.35. The van der Waals surface area contributed by atoms with Crippen molar-refractivity contribution in [3.63, 3.8) is 0 Å². The van der Waals surface area contributed by atoms with Gasteiger partial charge in [0.1, 0.15) is 0 Å². The zero-order valence-corrected chi connectivity index (χ0v) is 15.0. The van der Waals surface area contributed by atoms with Crippen LogP contribution in [0.2, 0.25) is 0 Å². The molecule has 1 aliphatic heterocycles. The molecule has 2 saturated carbocycles. The maximum absolute atomic E-state index is 12.7. The van der Waals surface area contributed by atoms with Crippen LogP contribution >= 0.6 is 11.6 Å². The lowest BCUT2D eigenvalue weighted by atomic mass is 9.78. The summed E-state index contributed by atoms with van der Waals surface area (Å²) < 4.78 is 4.59. The first-order valence-corrected chi connectivity index (χ1v) is 9.32. The predicted molar refractivity (Wildman–Crippen MR) is 94.5 cm³/mol. The standard InChI is InChI=1S/C19H23ClN2O3/c1-25-18(24)21-14-9-12(10-14)17(23)22-8-7-19(15(11-22)16(19)20)13-5-3-2-4-6-13/h2-6,12,14-16H,7-11H2,1H3,(H,21,24). The van der Waals surface area contributed by atoms with Crippen LogP contribution in [0.3, 0.4) is 0 Å². The molecule has 2 amide bonds. The number of carbonyl (C=O) groups excluding carboxylic acids is 2. The third-order valence-corrected chi connectivity index (χ3v) is 6.92. The van der Waals surface area contributed by atoms with E-state index in [0.717, 1.165) is 19.5 Å². The molecule has 1 aromatic rings. The van der Waals surface area contributed by atoms with Gasteiger partial charge in [0.15, 0.2) is 0 Å². The number of methoxy groups -OCH3 is 1. The Labute approximate surface area is 152 Å². The Bertz CT molecular complexity index is 677. The molecule has 3 aliphatic rings. The molecular formula is C19H23ClN2O3. The van der Waals surface area contributed by atoms with Crippen molar-refractivity contribution in [2.24, 2.45) is 11.8 Å². The van der Waals surface area contributed by atoms with Crippen molar-refractivity contribution in [3.8, 4) is 0 Å². The SMILES string of the molecule is COC(=O)NC1CC(C(=O)N2CCC3(c4ccccc4)C(Cl)C3C2)C1. The fraction of sp³-hybridized carbons (Fsp3) is 0.579. The molecule has 134 valence electrons. The zero-order valence-electron chi connectivity index (χ0n) is 14.3. The number of nitrogens with one attached hydrogen (secondary N) is 1. The van der Waals surface area contributed by atoms with Crippen LogP contribution < -0.4 is 5.32 Å². The molecule has 3 unspecified atom stereocenters. The number of piperidine rings is 1. The summed E-state index contributed by atoms with van der Waals surface area (Å²) in [6, 6.07) is 10.5. The van der Waals surface area contributed by atoms with E-state index < -0.39 is 6.09 Å². The summed E-state index contributed by atoms with van der Waals surface area (Å²) in [5, 5.41) is 2.87. The van der Waals surface area contributed by atoms with Crippen LogP contribution in [0.25, 0.3) is 0 Å². The highest BCUT2D eigenvalue weighted by atomic mass is 35.5. The minimum atomic E-state index is -0.426. The van der Waals surface area contributed by atoms with Gasteiger partial charge in [-0.1, -0.05) is 30.3 Å². The van der Waals surface area contributed by atoms with E-state index >= 15 is 0 Å². The van der Waals surface area contributed by atoms with E-state index in [1.165, 1.54) is 12.7 Å². The van der Waals surface area contributed by atoms with E-state index in [1.54, 1.807) is 0 Å². The molecule has 6 heteroatoms. The molecule has 0 spiro atoms. The molecule has 1 heterocycles. The number of benzene rings is 1. The zero-order chi connectivity index (χ0) is 17.6. The summed E-state index contributed by atoms with van der Waals surface area (Å²) in [5.74, 6) is 0.567. The first-order chi connectivity index (χ1) is 12.1. The number of carbonyl (C=O) groups is 2. The summed E-state index contributed by atoms with van der Waals surface area (Å²) in [6.07, 6.45) is 1.90. The van der Waals surface area contributed by atoms with Crippen LogP contribution in [0.5, 0.6) is 0 Å². The average molecular weight is 363 g/mol. The van der Waals surface area contributed by atoms with Gasteiger partial charge in [0, 0.05) is 41.8 Å². The number of hydrogen-bond acceptors (Lipinski definition) is 3. The van der Waals surface area contributed by atoms with Crippen LogP contribution in [0.1, 0.15) is 24.8 Å². The Morgan fingerprint density at radius 3 is 2.64 bits per heavy atom. The average Bonchev–Trinajstić information content (AvgIpc) is 3.22. The molecule has 25 heavy (non-hydrogen) atoms. The second-order valence-electron chi connectivity index (χ2n) is 7.45. The van der Waals surface area contributed by atoms with Gasteiger partial charge in [-0.2, -0.15) is 0 Å². The van der Waals surface area contributed by atoms with Crippen molar-refractivity contribution >= 4 is 23.6 Å². The normalized spacial score (nSPS) is 36.0. The van der Waals surface area contributed by atoms with Gasteiger partial charge in [0.05, 0.1) is 7.11 Å². The number of amides is 2.